The second kappa shape index (κ2) is 12.2. The van der Waals surface area contributed by atoms with Crippen molar-refractivity contribution in [1.82, 2.24) is 25.4 Å². The van der Waals surface area contributed by atoms with Gasteiger partial charge < -0.3 is 4.90 Å². The maximum atomic E-state index is 14.2. The van der Waals surface area contributed by atoms with E-state index in [2.05, 4.69) is 10.5 Å². The molecule has 0 aliphatic carbocycles. The molecule has 2 aliphatic rings. The summed E-state index contributed by atoms with van der Waals surface area (Å²) in [5.41, 5.74) is 5.00. The number of halogens is 1. The van der Waals surface area contributed by atoms with Gasteiger partial charge in [-0.2, -0.15) is 0 Å². The van der Waals surface area contributed by atoms with Gasteiger partial charge in [-0.05, 0) is 60.7 Å². The van der Waals surface area contributed by atoms with Crippen molar-refractivity contribution in [3.05, 3.63) is 100 Å². The molecule has 3 atom stereocenters. The topological polar surface area (TPSA) is 95.1 Å². The van der Waals surface area contributed by atoms with E-state index in [1.54, 1.807) is 72.7 Å². The monoisotopic (exact) mass is 561 g/mol. The lowest BCUT2D eigenvalue weighted by atomic mass is 9.80. The van der Waals surface area contributed by atoms with Crippen LogP contribution in [0, 0.1) is 0 Å². The van der Waals surface area contributed by atoms with Crippen LogP contribution in [0.25, 0.3) is 0 Å². The Balaban J connectivity index is 1.58. The number of carbonyl (C=O) groups is 3. The number of hydroxylamine groups is 1. The zero-order valence-electron chi connectivity index (χ0n) is 22.5. The van der Waals surface area contributed by atoms with Crippen LogP contribution in [0.4, 0.5) is 0 Å². The number of nitrogens with one attached hydrogen (secondary N) is 1. The molecule has 1 saturated heterocycles. The third-order valence-electron chi connectivity index (χ3n) is 7.40. The fraction of sp³-hybridized carbons (Fsp3) is 0.333. The molecular formula is C30H32ClN5O4. The van der Waals surface area contributed by atoms with Crippen LogP contribution in [0.2, 0.25) is 5.02 Å². The molecule has 2 aromatic carbocycles. The van der Waals surface area contributed by atoms with Crippen LogP contribution in [0.1, 0.15) is 58.4 Å². The summed E-state index contributed by atoms with van der Waals surface area (Å²) >= 11 is 6.22. The number of likely N-dealkylation sites (N-methyl/N-ethyl adjacent to an activating group) is 1. The van der Waals surface area contributed by atoms with Crippen molar-refractivity contribution in [1.29, 1.82) is 0 Å². The predicted molar refractivity (Wildman–Crippen MR) is 150 cm³/mol. The Morgan fingerprint density at radius 2 is 1.80 bits per heavy atom. The van der Waals surface area contributed by atoms with E-state index in [1.165, 1.54) is 0 Å². The molecule has 1 fully saturated rings. The minimum atomic E-state index is -0.823. The summed E-state index contributed by atoms with van der Waals surface area (Å²) in [6.45, 7) is 0.591. The van der Waals surface area contributed by atoms with Gasteiger partial charge in [0.1, 0.15) is 12.6 Å². The summed E-state index contributed by atoms with van der Waals surface area (Å²) in [5, 5.41) is 4.02. The van der Waals surface area contributed by atoms with Gasteiger partial charge in [0.15, 0.2) is 0 Å². The highest BCUT2D eigenvalue weighted by molar-refractivity contribution is 6.30. The molecule has 10 heteroatoms. The van der Waals surface area contributed by atoms with Crippen LogP contribution >= 0.6 is 11.6 Å². The second-order valence-electron chi connectivity index (χ2n) is 10.2. The number of pyridine rings is 1. The molecular weight excluding hydrogens is 530 g/mol. The Labute approximate surface area is 238 Å². The van der Waals surface area contributed by atoms with E-state index in [0.29, 0.717) is 34.8 Å². The number of benzene rings is 2. The molecule has 208 valence electrons. The molecule has 3 amide bonds. The number of piperidine rings is 1. The van der Waals surface area contributed by atoms with Gasteiger partial charge in [-0.3, -0.25) is 29.2 Å². The second-order valence-corrected chi connectivity index (χ2v) is 10.6. The van der Waals surface area contributed by atoms with Crippen molar-refractivity contribution in [3.63, 3.8) is 0 Å². The van der Waals surface area contributed by atoms with E-state index in [4.69, 9.17) is 16.4 Å². The summed E-state index contributed by atoms with van der Waals surface area (Å²) in [6, 6.07) is 18.4. The van der Waals surface area contributed by atoms with Crippen LogP contribution in [-0.4, -0.2) is 64.3 Å². The molecule has 1 N–H and O–H groups in total. The summed E-state index contributed by atoms with van der Waals surface area (Å²) < 4.78 is 0. The maximum Gasteiger partial charge on any atom is 0.269 e. The first-order valence-electron chi connectivity index (χ1n) is 13.3. The first-order valence-corrected chi connectivity index (χ1v) is 13.7. The van der Waals surface area contributed by atoms with Crippen molar-refractivity contribution in [2.75, 3.05) is 20.6 Å². The van der Waals surface area contributed by atoms with E-state index in [-0.39, 0.29) is 18.4 Å². The summed E-state index contributed by atoms with van der Waals surface area (Å²) in [7, 11) is 3.43. The third-order valence-corrected chi connectivity index (χ3v) is 7.66. The zero-order valence-corrected chi connectivity index (χ0v) is 23.3. The van der Waals surface area contributed by atoms with Crippen LogP contribution in [0.5, 0.6) is 0 Å². The van der Waals surface area contributed by atoms with Crippen LogP contribution in [0.3, 0.4) is 0 Å². The predicted octanol–water partition coefficient (Wildman–Crippen LogP) is 4.12. The number of aromatic nitrogens is 1. The van der Waals surface area contributed by atoms with Crippen molar-refractivity contribution in [3.8, 4) is 0 Å². The number of fused-ring (bicyclic) bond motifs is 1. The summed E-state index contributed by atoms with van der Waals surface area (Å²) in [5.74, 6) is -1.57. The van der Waals surface area contributed by atoms with Gasteiger partial charge in [0.05, 0.1) is 17.7 Å². The molecule has 9 nitrogen and oxygen atoms in total. The standard InChI is InChI=1S/C30H32ClN5O4/c1-34(2)30(39)25-12-6-8-18-35(25)36-27(20-13-15-21(31)16-14-20)26(23-10-3-4-11-24(23)29(36)38)28(37)33-40-19-22-9-5-7-17-32-22/h3-5,7,9-11,13-17,25-27H,6,8,12,18-19H2,1-2H3,(H,33,37). The normalized spacial score (nSPS) is 21.0. The fourth-order valence-corrected chi connectivity index (χ4v) is 5.66. The highest BCUT2D eigenvalue weighted by Gasteiger charge is 2.49. The van der Waals surface area contributed by atoms with Crippen LogP contribution in [0.15, 0.2) is 72.9 Å². The molecule has 3 heterocycles. The molecule has 5 rings (SSSR count). The Bertz CT molecular complexity index is 1370. The largest absolute Gasteiger partial charge is 0.347 e. The van der Waals surface area contributed by atoms with E-state index in [0.717, 1.165) is 18.4 Å². The Morgan fingerprint density at radius 3 is 2.52 bits per heavy atom. The highest BCUT2D eigenvalue weighted by Crippen LogP contribution is 2.45. The Hall–Kier alpha value is -3.79. The van der Waals surface area contributed by atoms with E-state index < -0.39 is 23.9 Å². The average Bonchev–Trinajstić information content (AvgIpc) is 2.97. The third kappa shape index (κ3) is 5.58. The van der Waals surface area contributed by atoms with Crippen LogP contribution < -0.4 is 5.48 Å². The molecule has 0 saturated carbocycles. The number of hydrogen-bond acceptors (Lipinski definition) is 6. The zero-order chi connectivity index (χ0) is 28.2. The summed E-state index contributed by atoms with van der Waals surface area (Å²) in [4.78, 5) is 52.9. The number of nitrogens with zero attached hydrogens (tertiary/aromatic N) is 4. The lowest BCUT2D eigenvalue weighted by Gasteiger charge is -2.50. The first-order chi connectivity index (χ1) is 19.4. The van der Waals surface area contributed by atoms with E-state index >= 15 is 0 Å². The number of rotatable bonds is 7. The molecule has 0 radical (unpaired) electrons. The van der Waals surface area contributed by atoms with Gasteiger partial charge in [0.25, 0.3) is 11.8 Å². The molecule has 3 aromatic rings. The van der Waals surface area contributed by atoms with Crippen molar-refractivity contribution < 1.29 is 19.2 Å². The number of carbonyl (C=O) groups excluding carboxylic acids is 3. The van der Waals surface area contributed by atoms with Gasteiger partial charge in [-0.1, -0.05) is 48.0 Å². The van der Waals surface area contributed by atoms with Gasteiger partial charge in [-0.15, -0.1) is 0 Å². The molecule has 40 heavy (non-hydrogen) atoms. The van der Waals surface area contributed by atoms with Gasteiger partial charge >= 0.3 is 0 Å². The fourth-order valence-electron chi connectivity index (χ4n) is 5.53. The minimum Gasteiger partial charge on any atom is -0.347 e. The lowest BCUT2D eigenvalue weighted by Crippen LogP contribution is -2.62. The van der Waals surface area contributed by atoms with Crippen molar-refractivity contribution in [2.24, 2.45) is 0 Å². The van der Waals surface area contributed by atoms with Crippen molar-refractivity contribution >= 4 is 29.3 Å². The molecule has 2 aliphatic heterocycles. The first kappa shape index (κ1) is 27.8. The minimum absolute atomic E-state index is 0.0825. The van der Waals surface area contributed by atoms with Gasteiger partial charge in [0, 0.05) is 37.4 Å². The number of hydrogen-bond donors (Lipinski definition) is 1. The van der Waals surface area contributed by atoms with Gasteiger partial charge in [0.2, 0.25) is 5.91 Å². The molecule has 0 bridgehead atoms. The van der Waals surface area contributed by atoms with Gasteiger partial charge in [-0.25, -0.2) is 10.5 Å². The van der Waals surface area contributed by atoms with Crippen LogP contribution in [-0.2, 0) is 21.0 Å². The number of amides is 3. The van der Waals surface area contributed by atoms with Crippen molar-refractivity contribution in [2.45, 2.75) is 43.9 Å². The Kier molecular flexibility index (Phi) is 8.44. The van der Waals surface area contributed by atoms with E-state index in [9.17, 15) is 14.4 Å². The quantitative estimate of drug-likeness (QED) is 0.436. The molecule has 3 unspecified atom stereocenters. The highest BCUT2D eigenvalue weighted by atomic mass is 35.5. The lowest BCUT2D eigenvalue weighted by molar-refractivity contribution is -0.152. The SMILES string of the molecule is CN(C)C(=O)C1CCCCN1N1C(=O)c2ccccc2C(C(=O)NOCc2ccccn2)C1c1ccc(Cl)cc1. The average molecular weight is 562 g/mol. The maximum absolute atomic E-state index is 14.2. The Morgan fingerprint density at radius 1 is 1.05 bits per heavy atom. The van der Waals surface area contributed by atoms with E-state index in [1.807, 2.05) is 29.3 Å². The molecule has 0 spiro atoms. The number of hydrazine groups is 1. The molecule has 1 aromatic heterocycles. The summed E-state index contributed by atoms with van der Waals surface area (Å²) in [6.07, 6.45) is 3.96. The smallest absolute Gasteiger partial charge is 0.269 e.